The molecule has 1 aliphatic carbocycles. The Labute approximate surface area is 432 Å². The predicted molar refractivity (Wildman–Crippen MR) is 289 cm³/mol. The molecular weight excluding hydrogens is 922 g/mol. The maximum absolute atomic E-state index is 13.1. The zero-order valence-electron chi connectivity index (χ0n) is 44.9. The van der Waals surface area contributed by atoms with Crippen LogP contribution in [0.15, 0.2) is 36.5 Å². The van der Waals surface area contributed by atoms with Crippen LogP contribution in [0.2, 0.25) is 0 Å². The quantitative estimate of drug-likeness (QED) is 0.0158. The lowest BCUT2D eigenvalue weighted by atomic mass is 9.85. The van der Waals surface area contributed by atoms with Crippen molar-refractivity contribution in [3.05, 3.63) is 36.5 Å². The van der Waals surface area contributed by atoms with Crippen LogP contribution in [-0.4, -0.2) is 108 Å². The molecule has 0 heterocycles. The van der Waals surface area contributed by atoms with Crippen molar-refractivity contribution in [3.8, 4) is 0 Å². The highest BCUT2D eigenvalue weighted by atomic mass is 31.2. The van der Waals surface area contributed by atoms with Gasteiger partial charge in [0.1, 0.15) is 36.6 Å². The van der Waals surface area contributed by atoms with E-state index in [9.17, 15) is 50.0 Å². The topological polar surface area (TPSA) is 226 Å². The Bertz CT molecular complexity index is 1350. The molecule has 9 N–H and O–H groups in total. The SMILES string of the molecule is CCCCCCCCCCCC/C=C/CC/C=C/CC/C=C/C(O)C(COP(=O)(O)OC1C(O)C(O)C(O)C(O)C1O)NC(=O)CC(O)CCCCCCCCCCCCCCCCCCCCCCC. The highest BCUT2D eigenvalue weighted by Crippen LogP contribution is 2.47. The number of allylic oxidation sites excluding steroid dienone is 5. The predicted octanol–water partition coefficient (Wildman–Crippen LogP) is 12.0. The number of amides is 1. The Hall–Kier alpha value is -1.48. The number of hydrogen-bond donors (Lipinski definition) is 9. The van der Waals surface area contributed by atoms with Crippen molar-refractivity contribution in [2.75, 3.05) is 6.61 Å². The minimum absolute atomic E-state index is 0.253. The number of unbranched alkanes of at least 4 members (excludes halogenated alkanes) is 32. The third kappa shape index (κ3) is 37.0. The number of aliphatic hydroxyl groups excluding tert-OH is 7. The third-order valence-corrected chi connectivity index (χ3v) is 14.9. The van der Waals surface area contributed by atoms with Gasteiger partial charge in [-0.1, -0.05) is 243 Å². The molecule has 418 valence electrons. The molecule has 0 aromatic heterocycles. The summed E-state index contributed by atoms with van der Waals surface area (Å²) < 4.78 is 23.0. The largest absolute Gasteiger partial charge is 0.472 e. The van der Waals surface area contributed by atoms with Crippen molar-refractivity contribution in [1.29, 1.82) is 0 Å². The van der Waals surface area contributed by atoms with Gasteiger partial charge in [0.15, 0.2) is 0 Å². The molecule has 8 atom stereocenters. The lowest BCUT2D eigenvalue weighted by Crippen LogP contribution is -2.64. The van der Waals surface area contributed by atoms with Crippen molar-refractivity contribution in [2.45, 2.75) is 313 Å². The highest BCUT2D eigenvalue weighted by Gasteiger charge is 2.51. The van der Waals surface area contributed by atoms with Gasteiger partial charge in [-0.2, -0.15) is 0 Å². The number of carbonyl (C=O) groups is 1. The normalized spacial score (nSPS) is 21.9. The first kappa shape index (κ1) is 67.5. The van der Waals surface area contributed by atoms with Gasteiger partial charge in [-0.05, 0) is 44.9 Å². The van der Waals surface area contributed by atoms with Gasteiger partial charge in [-0.3, -0.25) is 13.8 Å². The van der Waals surface area contributed by atoms with Crippen molar-refractivity contribution >= 4 is 13.7 Å². The van der Waals surface area contributed by atoms with Crippen LogP contribution in [-0.2, 0) is 18.4 Å². The summed E-state index contributed by atoms with van der Waals surface area (Å²) in [5, 5.41) is 74.8. The van der Waals surface area contributed by atoms with Crippen LogP contribution >= 0.6 is 7.82 Å². The number of phosphoric acid groups is 1. The van der Waals surface area contributed by atoms with Gasteiger partial charge in [-0.15, -0.1) is 0 Å². The molecule has 1 fully saturated rings. The van der Waals surface area contributed by atoms with Gasteiger partial charge in [0.25, 0.3) is 0 Å². The molecule has 1 aliphatic rings. The first-order chi connectivity index (χ1) is 34.3. The minimum Gasteiger partial charge on any atom is -0.393 e. The fourth-order valence-corrected chi connectivity index (χ4v) is 10.2. The van der Waals surface area contributed by atoms with Crippen molar-refractivity contribution in [1.82, 2.24) is 5.32 Å². The number of nitrogens with one attached hydrogen (secondary N) is 1. The molecule has 0 aromatic rings. The second-order valence-electron chi connectivity index (χ2n) is 20.7. The van der Waals surface area contributed by atoms with Crippen molar-refractivity contribution in [2.24, 2.45) is 0 Å². The second-order valence-corrected chi connectivity index (χ2v) is 22.1. The molecule has 0 saturated heterocycles. The molecular formula is C57H108NO12P. The molecule has 8 unspecified atom stereocenters. The van der Waals surface area contributed by atoms with Gasteiger partial charge in [-0.25, -0.2) is 4.57 Å². The Morgan fingerprint density at radius 3 is 1.24 bits per heavy atom. The summed E-state index contributed by atoms with van der Waals surface area (Å²) in [6.45, 7) is 3.77. The molecule has 0 aromatic carbocycles. The molecule has 71 heavy (non-hydrogen) atoms. The Balaban J connectivity index is 2.44. The number of carbonyl (C=O) groups excluding carboxylic acids is 1. The van der Waals surface area contributed by atoms with Gasteiger partial charge in [0.2, 0.25) is 5.91 Å². The number of rotatable bonds is 49. The summed E-state index contributed by atoms with van der Waals surface area (Å²) in [6.07, 6.45) is 42.3. The van der Waals surface area contributed by atoms with Crippen molar-refractivity contribution < 1.29 is 59.0 Å². The lowest BCUT2D eigenvalue weighted by molar-refractivity contribution is -0.220. The maximum atomic E-state index is 13.1. The fourth-order valence-electron chi connectivity index (χ4n) is 9.28. The average molecular weight is 1030 g/mol. The van der Waals surface area contributed by atoms with Gasteiger partial charge in [0, 0.05) is 0 Å². The Kier molecular flexibility index (Phi) is 43.6. The van der Waals surface area contributed by atoms with Crippen molar-refractivity contribution in [3.63, 3.8) is 0 Å². The summed E-state index contributed by atoms with van der Waals surface area (Å²) >= 11 is 0. The van der Waals surface area contributed by atoms with Crippen LogP contribution in [0.25, 0.3) is 0 Å². The average Bonchev–Trinajstić information content (AvgIpc) is 3.35. The number of phosphoric ester groups is 1. The van der Waals surface area contributed by atoms with E-state index in [1.54, 1.807) is 6.08 Å². The first-order valence-electron chi connectivity index (χ1n) is 29.0. The molecule has 14 heteroatoms. The Morgan fingerprint density at radius 2 is 0.831 bits per heavy atom. The van der Waals surface area contributed by atoms with E-state index in [1.165, 1.54) is 179 Å². The van der Waals surface area contributed by atoms with E-state index in [0.717, 1.165) is 44.9 Å². The highest BCUT2D eigenvalue weighted by molar-refractivity contribution is 7.47. The minimum atomic E-state index is -5.16. The van der Waals surface area contributed by atoms with Crippen LogP contribution in [0, 0.1) is 0 Å². The van der Waals surface area contributed by atoms with Crippen LogP contribution in [0.1, 0.15) is 258 Å². The molecule has 0 radical (unpaired) electrons. The summed E-state index contributed by atoms with van der Waals surface area (Å²) in [5.41, 5.74) is 0. The summed E-state index contributed by atoms with van der Waals surface area (Å²) in [6, 6.07) is -1.26. The Morgan fingerprint density at radius 1 is 0.493 bits per heavy atom. The van der Waals surface area contributed by atoms with Crippen LogP contribution in [0.5, 0.6) is 0 Å². The first-order valence-corrected chi connectivity index (χ1v) is 30.5. The smallest absolute Gasteiger partial charge is 0.393 e. The summed E-state index contributed by atoms with van der Waals surface area (Å²) in [7, 11) is -5.16. The monoisotopic (exact) mass is 1030 g/mol. The van der Waals surface area contributed by atoms with E-state index in [0.29, 0.717) is 19.3 Å². The third-order valence-electron chi connectivity index (χ3n) is 14.0. The van der Waals surface area contributed by atoms with Gasteiger partial charge in [0.05, 0.1) is 31.3 Å². The van der Waals surface area contributed by atoms with E-state index in [-0.39, 0.29) is 6.42 Å². The van der Waals surface area contributed by atoms with Crippen LogP contribution < -0.4 is 5.32 Å². The summed E-state index contributed by atoms with van der Waals surface area (Å²) in [4.78, 5) is 23.6. The maximum Gasteiger partial charge on any atom is 0.472 e. The molecule has 13 nitrogen and oxygen atoms in total. The lowest BCUT2D eigenvalue weighted by Gasteiger charge is -2.41. The zero-order valence-corrected chi connectivity index (χ0v) is 45.8. The van der Waals surface area contributed by atoms with Crippen LogP contribution in [0.4, 0.5) is 0 Å². The van der Waals surface area contributed by atoms with E-state index < -0.39 is 75.2 Å². The van der Waals surface area contributed by atoms with E-state index in [2.05, 4.69) is 43.5 Å². The van der Waals surface area contributed by atoms with E-state index >= 15 is 0 Å². The molecule has 0 bridgehead atoms. The second kappa shape index (κ2) is 45.9. The molecule has 0 spiro atoms. The summed E-state index contributed by atoms with van der Waals surface area (Å²) in [5.74, 6) is -0.602. The fraction of sp³-hybridized carbons (Fsp3) is 0.877. The standard InChI is InChI=1S/C57H108NO12P/c1-3-5-7-9-11-13-15-17-19-21-23-25-26-28-30-32-34-36-38-40-42-44-48(59)46-51(61)58-49(47-69-71(67,68)70-57-55(65)53(63)52(62)54(64)56(57)66)50(60)45-43-41-39-37-35-33-31-29-27-24-22-20-18-16-14-12-10-8-6-4-2/h27,29,35,37,43,45,48-50,52-57,59-60,62-66H,3-26,28,30-34,36,38-42,44,46-47H2,1-2H3,(H,58,61)(H,67,68)/b29-27+,37-35+,45-43+. The van der Waals surface area contributed by atoms with Gasteiger partial charge >= 0.3 is 7.82 Å². The van der Waals surface area contributed by atoms with Crippen LogP contribution in [0.3, 0.4) is 0 Å². The zero-order chi connectivity index (χ0) is 52.2. The number of aliphatic hydroxyl groups is 7. The molecule has 1 saturated carbocycles. The molecule has 1 amide bonds. The van der Waals surface area contributed by atoms with E-state index in [1.807, 2.05) is 0 Å². The molecule has 1 rings (SSSR count). The van der Waals surface area contributed by atoms with Gasteiger partial charge < -0.3 is 46.0 Å². The number of hydrogen-bond acceptors (Lipinski definition) is 11. The molecule has 0 aliphatic heterocycles. The van der Waals surface area contributed by atoms with E-state index in [4.69, 9.17) is 9.05 Å².